The normalized spacial score (nSPS) is 11.4. The number of carbonyl (C=O) groups is 1. The van der Waals surface area contributed by atoms with Crippen LogP contribution in [0.1, 0.15) is 56.5 Å². The summed E-state index contributed by atoms with van der Waals surface area (Å²) in [5.74, 6) is 0.196. The Morgan fingerprint density at radius 3 is 2.48 bits per heavy atom. The Labute approximate surface area is 138 Å². The van der Waals surface area contributed by atoms with Crippen molar-refractivity contribution in [2.75, 3.05) is 10.6 Å². The second-order valence-electron chi connectivity index (χ2n) is 7.03. The SMILES string of the molecule is CC(C)c1ccccc1NC(=O)c1cncc(NC(C)(C)C)c1. The van der Waals surface area contributed by atoms with Crippen molar-refractivity contribution in [1.82, 2.24) is 4.98 Å². The van der Waals surface area contributed by atoms with Gasteiger partial charge in [0.1, 0.15) is 0 Å². The molecule has 1 amide bonds. The van der Waals surface area contributed by atoms with E-state index in [1.165, 1.54) is 0 Å². The largest absolute Gasteiger partial charge is 0.379 e. The van der Waals surface area contributed by atoms with Crippen molar-refractivity contribution in [3.05, 3.63) is 53.9 Å². The molecule has 2 rings (SSSR count). The summed E-state index contributed by atoms with van der Waals surface area (Å²) >= 11 is 0. The van der Waals surface area contributed by atoms with Gasteiger partial charge in [0.15, 0.2) is 0 Å². The van der Waals surface area contributed by atoms with Crippen molar-refractivity contribution in [2.24, 2.45) is 0 Å². The predicted molar refractivity (Wildman–Crippen MR) is 96.1 cm³/mol. The van der Waals surface area contributed by atoms with Crippen LogP contribution < -0.4 is 10.6 Å². The molecule has 0 radical (unpaired) electrons. The molecule has 122 valence electrons. The van der Waals surface area contributed by atoms with Crippen LogP contribution in [0, 0.1) is 0 Å². The van der Waals surface area contributed by atoms with Gasteiger partial charge in [-0.3, -0.25) is 9.78 Å². The number of rotatable bonds is 4. The fraction of sp³-hybridized carbons (Fsp3) is 0.368. The van der Waals surface area contributed by atoms with E-state index in [0.29, 0.717) is 11.5 Å². The lowest BCUT2D eigenvalue weighted by Crippen LogP contribution is -2.26. The Kier molecular flexibility index (Phi) is 5.04. The van der Waals surface area contributed by atoms with Gasteiger partial charge >= 0.3 is 0 Å². The Morgan fingerprint density at radius 2 is 1.83 bits per heavy atom. The number of hydrogen-bond donors (Lipinski definition) is 2. The molecule has 0 spiro atoms. The Balaban J connectivity index is 2.20. The van der Waals surface area contributed by atoms with E-state index in [-0.39, 0.29) is 11.4 Å². The molecule has 23 heavy (non-hydrogen) atoms. The third-order valence-electron chi connectivity index (χ3n) is 3.35. The van der Waals surface area contributed by atoms with Gasteiger partial charge in [0.2, 0.25) is 0 Å². The van der Waals surface area contributed by atoms with E-state index in [4.69, 9.17) is 0 Å². The maximum atomic E-state index is 12.5. The summed E-state index contributed by atoms with van der Waals surface area (Å²) in [6.07, 6.45) is 3.31. The van der Waals surface area contributed by atoms with Crippen molar-refractivity contribution in [2.45, 2.75) is 46.1 Å². The maximum absolute atomic E-state index is 12.5. The fourth-order valence-corrected chi connectivity index (χ4v) is 2.37. The van der Waals surface area contributed by atoms with Gasteiger partial charge in [0.25, 0.3) is 5.91 Å². The topological polar surface area (TPSA) is 54.0 Å². The fourth-order valence-electron chi connectivity index (χ4n) is 2.37. The van der Waals surface area contributed by atoms with E-state index in [1.807, 2.05) is 30.3 Å². The third-order valence-corrected chi connectivity index (χ3v) is 3.35. The molecule has 2 N–H and O–H groups in total. The zero-order valence-corrected chi connectivity index (χ0v) is 14.5. The lowest BCUT2D eigenvalue weighted by molar-refractivity contribution is 0.102. The number of nitrogens with zero attached hydrogens (tertiary/aromatic N) is 1. The van der Waals surface area contributed by atoms with E-state index in [1.54, 1.807) is 12.4 Å². The Bertz CT molecular complexity index is 687. The molecule has 0 aliphatic heterocycles. The van der Waals surface area contributed by atoms with Crippen LogP contribution >= 0.6 is 0 Å². The predicted octanol–water partition coefficient (Wildman–Crippen LogP) is 4.67. The average Bonchev–Trinajstić information content (AvgIpc) is 2.46. The molecular formula is C19H25N3O. The number of benzene rings is 1. The summed E-state index contributed by atoms with van der Waals surface area (Å²) in [6.45, 7) is 10.4. The zero-order chi connectivity index (χ0) is 17.0. The van der Waals surface area contributed by atoms with Gasteiger partial charge in [-0.25, -0.2) is 0 Å². The second kappa shape index (κ2) is 6.82. The quantitative estimate of drug-likeness (QED) is 0.863. The molecule has 0 saturated heterocycles. The smallest absolute Gasteiger partial charge is 0.257 e. The van der Waals surface area contributed by atoms with Crippen molar-refractivity contribution in [1.29, 1.82) is 0 Å². The molecule has 0 fully saturated rings. The summed E-state index contributed by atoms with van der Waals surface area (Å²) < 4.78 is 0. The molecule has 4 heteroatoms. The van der Waals surface area contributed by atoms with E-state index in [2.05, 4.69) is 50.2 Å². The number of carbonyl (C=O) groups excluding carboxylic acids is 1. The highest BCUT2D eigenvalue weighted by molar-refractivity contribution is 6.05. The minimum atomic E-state index is -0.150. The van der Waals surface area contributed by atoms with Crippen LogP contribution in [0.25, 0.3) is 0 Å². The number of hydrogen-bond acceptors (Lipinski definition) is 3. The minimum absolute atomic E-state index is 0.0823. The molecule has 0 bridgehead atoms. The summed E-state index contributed by atoms with van der Waals surface area (Å²) in [7, 11) is 0. The van der Waals surface area contributed by atoms with Gasteiger partial charge < -0.3 is 10.6 Å². The number of pyridine rings is 1. The molecule has 2 aromatic rings. The van der Waals surface area contributed by atoms with Gasteiger partial charge in [-0.15, -0.1) is 0 Å². The number of amides is 1. The highest BCUT2D eigenvalue weighted by atomic mass is 16.1. The van der Waals surface area contributed by atoms with E-state index in [9.17, 15) is 4.79 Å². The first-order valence-corrected chi connectivity index (χ1v) is 7.90. The van der Waals surface area contributed by atoms with Gasteiger partial charge in [-0.2, -0.15) is 0 Å². The molecule has 1 aromatic carbocycles. The van der Waals surface area contributed by atoms with Crippen LogP contribution in [0.5, 0.6) is 0 Å². The molecular weight excluding hydrogens is 286 g/mol. The van der Waals surface area contributed by atoms with Crippen molar-refractivity contribution in [3.63, 3.8) is 0 Å². The van der Waals surface area contributed by atoms with Crippen LogP contribution in [-0.4, -0.2) is 16.4 Å². The average molecular weight is 311 g/mol. The minimum Gasteiger partial charge on any atom is -0.379 e. The van der Waals surface area contributed by atoms with E-state index < -0.39 is 0 Å². The molecule has 1 heterocycles. The molecule has 1 aromatic heterocycles. The number of para-hydroxylation sites is 1. The van der Waals surface area contributed by atoms with Crippen LogP contribution in [0.2, 0.25) is 0 Å². The highest BCUT2D eigenvalue weighted by Gasteiger charge is 2.14. The maximum Gasteiger partial charge on any atom is 0.257 e. The zero-order valence-electron chi connectivity index (χ0n) is 14.5. The van der Waals surface area contributed by atoms with Gasteiger partial charge in [0, 0.05) is 23.6 Å². The first-order chi connectivity index (χ1) is 10.8. The molecule has 0 saturated carbocycles. The van der Waals surface area contributed by atoms with Crippen molar-refractivity contribution < 1.29 is 4.79 Å². The van der Waals surface area contributed by atoms with E-state index >= 15 is 0 Å². The van der Waals surface area contributed by atoms with E-state index in [0.717, 1.165) is 16.9 Å². The standard InChI is InChI=1S/C19H25N3O/c1-13(2)16-8-6-7-9-17(16)21-18(23)14-10-15(12-20-11-14)22-19(3,4)5/h6-13,22H,1-5H3,(H,21,23). The van der Waals surface area contributed by atoms with Gasteiger partial charge in [-0.1, -0.05) is 32.0 Å². The molecule has 0 atom stereocenters. The highest BCUT2D eigenvalue weighted by Crippen LogP contribution is 2.24. The van der Waals surface area contributed by atoms with Crippen LogP contribution in [0.4, 0.5) is 11.4 Å². The summed E-state index contributed by atoms with van der Waals surface area (Å²) in [5, 5.41) is 6.32. The third kappa shape index (κ3) is 4.81. The lowest BCUT2D eigenvalue weighted by Gasteiger charge is -2.22. The Morgan fingerprint density at radius 1 is 1.13 bits per heavy atom. The summed E-state index contributed by atoms with van der Waals surface area (Å²) in [5.41, 5.74) is 3.26. The molecule has 0 aliphatic rings. The van der Waals surface area contributed by atoms with Gasteiger partial charge in [-0.05, 0) is 44.4 Å². The van der Waals surface area contributed by atoms with Crippen molar-refractivity contribution in [3.8, 4) is 0 Å². The molecule has 0 aliphatic carbocycles. The number of nitrogens with one attached hydrogen (secondary N) is 2. The van der Waals surface area contributed by atoms with Crippen LogP contribution in [-0.2, 0) is 0 Å². The first-order valence-electron chi connectivity index (χ1n) is 7.90. The second-order valence-corrected chi connectivity index (χ2v) is 7.03. The summed E-state index contributed by atoms with van der Waals surface area (Å²) in [4.78, 5) is 16.7. The number of aromatic nitrogens is 1. The van der Waals surface area contributed by atoms with Crippen LogP contribution in [0.3, 0.4) is 0 Å². The Hall–Kier alpha value is -2.36. The lowest BCUT2D eigenvalue weighted by atomic mass is 10.0. The monoisotopic (exact) mass is 311 g/mol. The number of anilines is 2. The first kappa shape index (κ1) is 17.0. The summed E-state index contributed by atoms with van der Waals surface area (Å²) in [6, 6.07) is 9.71. The van der Waals surface area contributed by atoms with Crippen molar-refractivity contribution >= 4 is 17.3 Å². The van der Waals surface area contributed by atoms with Crippen LogP contribution in [0.15, 0.2) is 42.7 Å². The molecule has 0 unspecified atom stereocenters. The van der Waals surface area contributed by atoms with Gasteiger partial charge in [0.05, 0.1) is 11.3 Å². The molecule has 4 nitrogen and oxygen atoms in total.